The van der Waals surface area contributed by atoms with Gasteiger partial charge in [0.15, 0.2) is 0 Å². The average Bonchev–Trinajstić information content (AvgIpc) is 3.33. The summed E-state index contributed by atoms with van der Waals surface area (Å²) in [4.78, 5) is 45.2. The van der Waals surface area contributed by atoms with E-state index in [2.05, 4.69) is 32.6 Å². The molecule has 0 aliphatic carbocycles. The van der Waals surface area contributed by atoms with Gasteiger partial charge in [-0.1, -0.05) is 27.2 Å². The molecule has 2 aromatic rings. The third-order valence-electron chi connectivity index (χ3n) is 5.53. The Bertz CT molecular complexity index is 1010. The topological polar surface area (TPSA) is 106 Å². The maximum atomic E-state index is 13.2. The molecular weight excluding hydrogens is 504 g/mol. The second-order valence-electron chi connectivity index (χ2n) is 7.93. The van der Waals surface area contributed by atoms with E-state index in [1.54, 1.807) is 17.9 Å². The van der Waals surface area contributed by atoms with Crippen LogP contribution in [0.25, 0.3) is 11.4 Å². The maximum Gasteiger partial charge on any atom is 0.306 e. The number of ether oxygens (including phenoxy) is 1. The quantitative estimate of drug-likeness (QED) is 0.337. The number of nitrogens with zero attached hydrogens (tertiary/aromatic N) is 4. The van der Waals surface area contributed by atoms with Crippen LogP contribution >= 0.6 is 15.9 Å². The fraction of sp³-hybridized carbons (Fsp3) is 0.458. The van der Waals surface area contributed by atoms with E-state index >= 15 is 0 Å². The zero-order chi connectivity index (χ0) is 24.5. The summed E-state index contributed by atoms with van der Waals surface area (Å²) in [6, 6.07) is 7.22. The molecule has 1 saturated heterocycles. The zero-order valence-corrected chi connectivity index (χ0v) is 20.8. The van der Waals surface area contributed by atoms with Crippen molar-refractivity contribution in [1.82, 2.24) is 19.9 Å². The molecule has 2 amide bonds. The van der Waals surface area contributed by atoms with Crippen LogP contribution in [0.15, 0.2) is 45.9 Å². The van der Waals surface area contributed by atoms with Gasteiger partial charge in [-0.25, -0.2) is 0 Å². The first-order valence-corrected chi connectivity index (χ1v) is 12.2. The first-order valence-electron chi connectivity index (χ1n) is 11.4. The molecule has 1 aromatic carbocycles. The standard InChI is InChI=1S/C24H29BrN4O5/c1-3-14-28(20(30)12-13-22(32)33-4-2)16-21(31)29-15-6-5-7-19(29)24-26-23(27-34-24)17-8-10-18(25)11-9-17/h3,8-11,19H,1,4-7,12-16H2,2H3. The monoisotopic (exact) mass is 532 g/mol. The minimum atomic E-state index is -0.435. The Morgan fingerprint density at radius 1 is 1.26 bits per heavy atom. The predicted molar refractivity (Wildman–Crippen MR) is 128 cm³/mol. The van der Waals surface area contributed by atoms with Gasteiger partial charge in [-0.05, 0) is 50.5 Å². The Kier molecular flexibility index (Phi) is 9.38. The summed E-state index contributed by atoms with van der Waals surface area (Å²) in [5.74, 6) is -0.0998. The summed E-state index contributed by atoms with van der Waals surface area (Å²) in [7, 11) is 0. The summed E-state index contributed by atoms with van der Waals surface area (Å²) in [6.45, 7) is 6.29. The Balaban J connectivity index is 1.69. The number of aromatic nitrogens is 2. The van der Waals surface area contributed by atoms with E-state index in [9.17, 15) is 14.4 Å². The molecule has 0 saturated carbocycles. The van der Waals surface area contributed by atoms with E-state index in [1.165, 1.54) is 4.90 Å². The minimum Gasteiger partial charge on any atom is -0.466 e. The number of piperidine rings is 1. The first kappa shape index (κ1) is 25.6. The smallest absolute Gasteiger partial charge is 0.306 e. The van der Waals surface area contributed by atoms with E-state index in [0.29, 0.717) is 24.7 Å². The van der Waals surface area contributed by atoms with Crippen LogP contribution < -0.4 is 0 Å². The van der Waals surface area contributed by atoms with E-state index in [-0.39, 0.29) is 50.4 Å². The van der Waals surface area contributed by atoms with Gasteiger partial charge in [0.1, 0.15) is 12.6 Å². The molecule has 0 radical (unpaired) electrons. The van der Waals surface area contributed by atoms with Crippen LogP contribution in [-0.4, -0.2) is 64.0 Å². The fourth-order valence-electron chi connectivity index (χ4n) is 3.84. The normalized spacial score (nSPS) is 15.6. The van der Waals surface area contributed by atoms with Gasteiger partial charge >= 0.3 is 5.97 Å². The molecule has 3 rings (SSSR count). The molecule has 1 aromatic heterocycles. The van der Waals surface area contributed by atoms with Crippen LogP contribution in [0.3, 0.4) is 0 Å². The Morgan fingerprint density at radius 2 is 2.03 bits per heavy atom. The van der Waals surface area contributed by atoms with Crippen LogP contribution in [0.2, 0.25) is 0 Å². The van der Waals surface area contributed by atoms with Crippen LogP contribution in [-0.2, 0) is 19.1 Å². The number of amides is 2. The largest absolute Gasteiger partial charge is 0.466 e. The average molecular weight is 533 g/mol. The molecule has 0 N–H and O–H groups in total. The van der Waals surface area contributed by atoms with Gasteiger partial charge in [-0.3, -0.25) is 14.4 Å². The van der Waals surface area contributed by atoms with Gasteiger partial charge in [0.2, 0.25) is 23.5 Å². The maximum absolute atomic E-state index is 13.2. The molecular formula is C24H29BrN4O5. The summed E-state index contributed by atoms with van der Waals surface area (Å²) < 4.78 is 11.4. The van der Waals surface area contributed by atoms with Gasteiger partial charge in [0, 0.05) is 29.5 Å². The van der Waals surface area contributed by atoms with Crippen molar-refractivity contribution < 1.29 is 23.6 Å². The van der Waals surface area contributed by atoms with Crippen molar-refractivity contribution in [2.75, 3.05) is 26.2 Å². The van der Waals surface area contributed by atoms with Crippen molar-refractivity contribution in [1.29, 1.82) is 0 Å². The second-order valence-corrected chi connectivity index (χ2v) is 8.85. The van der Waals surface area contributed by atoms with Gasteiger partial charge in [-0.2, -0.15) is 4.98 Å². The Hall–Kier alpha value is -3.01. The van der Waals surface area contributed by atoms with Crippen molar-refractivity contribution in [3.05, 3.63) is 47.3 Å². The number of likely N-dealkylation sites (tertiary alicyclic amines) is 1. The third kappa shape index (κ3) is 6.75. The summed E-state index contributed by atoms with van der Waals surface area (Å²) in [5, 5.41) is 4.10. The number of hydrogen-bond donors (Lipinski definition) is 0. The van der Waals surface area contributed by atoms with Crippen molar-refractivity contribution in [3.8, 4) is 11.4 Å². The van der Waals surface area contributed by atoms with Crippen LogP contribution in [0.4, 0.5) is 0 Å². The van der Waals surface area contributed by atoms with Crippen LogP contribution in [0.5, 0.6) is 0 Å². The number of halogens is 1. The molecule has 1 atom stereocenters. The molecule has 0 bridgehead atoms. The molecule has 1 fully saturated rings. The van der Waals surface area contributed by atoms with Gasteiger partial charge < -0.3 is 19.1 Å². The highest BCUT2D eigenvalue weighted by atomic mass is 79.9. The molecule has 0 spiro atoms. The number of hydrogen-bond acceptors (Lipinski definition) is 7. The highest BCUT2D eigenvalue weighted by Crippen LogP contribution is 2.31. The highest BCUT2D eigenvalue weighted by Gasteiger charge is 2.33. The predicted octanol–water partition coefficient (Wildman–Crippen LogP) is 3.91. The first-order chi connectivity index (χ1) is 16.4. The molecule has 34 heavy (non-hydrogen) atoms. The lowest BCUT2D eigenvalue weighted by molar-refractivity contribution is -0.146. The van der Waals surface area contributed by atoms with Gasteiger partial charge in [0.05, 0.1) is 13.0 Å². The second kappa shape index (κ2) is 12.5. The molecule has 1 aliphatic heterocycles. The number of benzene rings is 1. The fourth-order valence-corrected chi connectivity index (χ4v) is 4.10. The molecule has 182 valence electrons. The van der Waals surface area contributed by atoms with E-state index in [0.717, 1.165) is 22.9 Å². The minimum absolute atomic E-state index is 0.0242. The Morgan fingerprint density at radius 3 is 2.74 bits per heavy atom. The van der Waals surface area contributed by atoms with Crippen LogP contribution in [0.1, 0.15) is 51.0 Å². The lowest BCUT2D eigenvalue weighted by atomic mass is 10.0. The van der Waals surface area contributed by atoms with Crippen molar-refractivity contribution in [2.24, 2.45) is 0 Å². The summed E-state index contributed by atoms with van der Waals surface area (Å²) in [5.41, 5.74) is 0.816. The van der Waals surface area contributed by atoms with Crippen molar-refractivity contribution >= 4 is 33.7 Å². The molecule has 10 heteroatoms. The van der Waals surface area contributed by atoms with Crippen molar-refractivity contribution in [3.63, 3.8) is 0 Å². The number of carbonyl (C=O) groups excluding carboxylic acids is 3. The number of rotatable bonds is 10. The zero-order valence-electron chi connectivity index (χ0n) is 19.2. The van der Waals surface area contributed by atoms with E-state index in [1.807, 2.05) is 24.3 Å². The van der Waals surface area contributed by atoms with Gasteiger partial charge in [0.25, 0.3) is 0 Å². The van der Waals surface area contributed by atoms with Crippen LogP contribution in [0, 0.1) is 0 Å². The molecule has 1 unspecified atom stereocenters. The number of esters is 1. The molecule has 2 heterocycles. The van der Waals surface area contributed by atoms with Gasteiger partial charge in [-0.15, -0.1) is 6.58 Å². The van der Waals surface area contributed by atoms with E-state index < -0.39 is 5.97 Å². The van der Waals surface area contributed by atoms with Crippen molar-refractivity contribution in [2.45, 2.75) is 45.1 Å². The lowest BCUT2D eigenvalue weighted by Crippen LogP contribution is -2.46. The summed E-state index contributed by atoms with van der Waals surface area (Å²) >= 11 is 3.41. The highest BCUT2D eigenvalue weighted by molar-refractivity contribution is 9.10. The third-order valence-corrected chi connectivity index (χ3v) is 6.06. The lowest BCUT2D eigenvalue weighted by Gasteiger charge is -2.35. The Labute approximate surface area is 207 Å². The number of carbonyl (C=O) groups is 3. The summed E-state index contributed by atoms with van der Waals surface area (Å²) in [6.07, 6.45) is 4.00. The van der Waals surface area contributed by atoms with E-state index in [4.69, 9.17) is 9.26 Å². The molecule has 1 aliphatic rings. The molecule has 9 nitrogen and oxygen atoms in total. The SMILES string of the molecule is C=CCN(CC(=O)N1CCCCC1c1nc(-c2ccc(Br)cc2)no1)C(=O)CCC(=O)OCC.